The summed E-state index contributed by atoms with van der Waals surface area (Å²) in [7, 11) is 1.26. The molecule has 0 aromatic carbocycles. The van der Waals surface area contributed by atoms with Gasteiger partial charge in [-0.3, -0.25) is 4.79 Å². The molecule has 11 heavy (non-hydrogen) atoms. The second-order valence-corrected chi connectivity index (χ2v) is 2.47. The number of amides is 1. The fourth-order valence-electron chi connectivity index (χ4n) is 0.436. The number of carbonyl (C=O) groups excluding carboxylic acids is 2. The Kier molecular flexibility index (Phi) is 4.26. The molecule has 1 amide bonds. The van der Waals surface area contributed by atoms with Gasteiger partial charge in [0.25, 0.3) is 0 Å². The molecule has 0 fully saturated rings. The van der Waals surface area contributed by atoms with Crippen LogP contribution in [0.15, 0.2) is 0 Å². The van der Waals surface area contributed by atoms with Crippen molar-refractivity contribution in [2.75, 3.05) is 13.7 Å². The number of nitrogens with one attached hydrogen (secondary N) is 1. The highest BCUT2D eigenvalue weighted by molar-refractivity contribution is 5.85. The summed E-state index contributed by atoms with van der Waals surface area (Å²) in [5.41, 5.74) is 0. The normalized spacial score (nSPS) is 9.45. The molecule has 0 aliphatic rings. The molecule has 4 nitrogen and oxygen atoms in total. The lowest BCUT2D eigenvalue weighted by Crippen LogP contribution is -2.31. The van der Waals surface area contributed by atoms with E-state index in [9.17, 15) is 9.59 Å². The summed E-state index contributed by atoms with van der Waals surface area (Å²) in [6, 6.07) is 0. The average Bonchev–Trinajstić information content (AvgIpc) is 1.99. The van der Waals surface area contributed by atoms with Crippen molar-refractivity contribution in [1.29, 1.82) is 0 Å². The molecular weight excluding hydrogens is 146 g/mol. The Labute approximate surface area is 65.9 Å². The van der Waals surface area contributed by atoms with Crippen molar-refractivity contribution in [3.05, 3.63) is 0 Å². The zero-order valence-corrected chi connectivity index (χ0v) is 7.01. The van der Waals surface area contributed by atoms with Crippen LogP contribution >= 0.6 is 0 Å². The predicted molar refractivity (Wildman–Crippen MR) is 40.3 cm³/mol. The Morgan fingerprint density at radius 2 is 2.00 bits per heavy atom. The van der Waals surface area contributed by atoms with Crippen molar-refractivity contribution >= 4 is 11.9 Å². The van der Waals surface area contributed by atoms with Crippen molar-refractivity contribution in [1.82, 2.24) is 5.32 Å². The molecule has 0 saturated carbocycles. The number of ether oxygens (including phenoxy) is 1. The summed E-state index contributed by atoms with van der Waals surface area (Å²) in [6.45, 7) is 3.60. The standard InChI is InChI=1S/C7H13NO3/c1-5(2)6(9)4-8-7(10)11-3/h5H,4H2,1-3H3,(H,8,10). The summed E-state index contributed by atoms with van der Waals surface area (Å²) in [5, 5.41) is 2.30. The van der Waals surface area contributed by atoms with Crippen molar-refractivity contribution in [2.45, 2.75) is 13.8 Å². The minimum Gasteiger partial charge on any atom is -0.453 e. The number of alkyl carbamates (subject to hydrolysis) is 1. The molecule has 0 atom stereocenters. The van der Waals surface area contributed by atoms with E-state index in [2.05, 4.69) is 10.1 Å². The van der Waals surface area contributed by atoms with Crippen LogP contribution in [0.2, 0.25) is 0 Å². The number of ketones is 1. The van der Waals surface area contributed by atoms with Crippen molar-refractivity contribution in [2.24, 2.45) is 5.92 Å². The van der Waals surface area contributed by atoms with Gasteiger partial charge in [0.2, 0.25) is 0 Å². The summed E-state index contributed by atoms with van der Waals surface area (Å²) in [5.74, 6) is -0.0532. The van der Waals surface area contributed by atoms with Gasteiger partial charge >= 0.3 is 6.09 Å². The molecule has 0 aromatic heterocycles. The first-order chi connectivity index (χ1) is 5.07. The van der Waals surface area contributed by atoms with Crippen LogP contribution in [0.4, 0.5) is 4.79 Å². The lowest BCUT2D eigenvalue weighted by Gasteiger charge is -2.04. The molecule has 64 valence electrons. The van der Waals surface area contributed by atoms with E-state index in [4.69, 9.17) is 0 Å². The van der Waals surface area contributed by atoms with E-state index in [-0.39, 0.29) is 18.2 Å². The molecule has 0 heterocycles. The molecule has 0 unspecified atom stereocenters. The van der Waals surface area contributed by atoms with E-state index in [1.165, 1.54) is 7.11 Å². The number of hydrogen-bond acceptors (Lipinski definition) is 3. The van der Waals surface area contributed by atoms with Gasteiger partial charge < -0.3 is 10.1 Å². The first-order valence-corrected chi connectivity index (χ1v) is 3.42. The lowest BCUT2D eigenvalue weighted by molar-refractivity contribution is -0.120. The zero-order valence-electron chi connectivity index (χ0n) is 7.01. The van der Waals surface area contributed by atoms with Crippen LogP contribution in [0, 0.1) is 5.92 Å². The highest BCUT2D eigenvalue weighted by Crippen LogP contribution is 1.91. The molecule has 4 heteroatoms. The third-order valence-corrected chi connectivity index (χ3v) is 1.24. The third kappa shape index (κ3) is 4.36. The average molecular weight is 159 g/mol. The van der Waals surface area contributed by atoms with Crippen LogP contribution in [-0.4, -0.2) is 25.5 Å². The summed E-state index contributed by atoms with van der Waals surface area (Å²) in [4.78, 5) is 21.3. The molecule has 1 N–H and O–H groups in total. The van der Waals surface area contributed by atoms with E-state index in [1.54, 1.807) is 13.8 Å². The maximum Gasteiger partial charge on any atom is 0.407 e. The minimum atomic E-state index is -0.570. The van der Waals surface area contributed by atoms with E-state index in [1.807, 2.05) is 0 Å². The van der Waals surface area contributed by atoms with Crippen LogP contribution < -0.4 is 5.32 Å². The van der Waals surface area contributed by atoms with E-state index in [0.29, 0.717) is 0 Å². The number of Topliss-reactive ketones (excluding diaryl/α,β-unsaturated/α-hetero) is 1. The number of hydrogen-bond donors (Lipinski definition) is 1. The van der Waals surface area contributed by atoms with Gasteiger partial charge in [-0.25, -0.2) is 4.79 Å². The molecule has 0 radical (unpaired) electrons. The highest BCUT2D eigenvalue weighted by Gasteiger charge is 2.08. The fourth-order valence-corrected chi connectivity index (χ4v) is 0.436. The summed E-state index contributed by atoms with van der Waals surface area (Å²) >= 11 is 0. The quantitative estimate of drug-likeness (QED) is 0.654. The van der Waals surface area contributed by atoms with Crippen molar-refractivity contribution < 1.29 is 14.3 Å². The van der Waals surface area contributed by atoms with Gasteiger partial charge in [0, 0.05) is 5.92 Å². The Bertz CT molecular complexity index is 154. The topological polar surface area (TPSA) is 55.4 Å². The van der Waals surface area contributed by atoms with E-state index < -0.39 is 6.09 Å². The van der Waals surface area contributed by atoms with Crippen LogP contribution in [-0.2, 0) is 9.53 Å². The first-order valence-electron chi connectivity index (χ1n) is 3.42. The highest BCUT2D eigenvalue weighted by atomic mass is 16.5. The van der Waals surface area contributed by atoms with Crippen LogP contribution in [0.1, 0.15) is 13.8 Å². The van der Waals surface area contributed by atoms with Gasteiger partial charge in [-0.05, 0) is 0 Å². The van der Waals surface area contributed by atoms with Gasteiger partial charge in [-0.2, -0.15) is 0 Å². The maximum absolute atomic E-state index is 10.9. The molecule has 0 bridgehead atoms. The van der Waals surface area contributed by atoms with Gasteiger partial charge in [-0.1, -0.05) is 13.8 Å². The number of rotatable bonds is 3. The fraction of sp³-hybridized carbons (Fsp3) is 0.714. The minimum absolute atomic E-state index is 0.00426. The van der Waals surface area contributed by atoms with Crippen LogP contribution in [0.25, 0.3) is 0 Å². The van der Waals surface area contributed by atoms with Gasteiger partial charge in [0.15, 0.2) is 5.78 Å². The van der Waals surface area contributed by atoms with Gasteiger partial charge in [0.05, 0.1) is 13.7 Å². The predicted octanol–water partition coefficient (Wildman–Crippen LogP) is 0.567. The Morgan fingerprint density at radius 3 is 2.36 bits per heavy atom. The zero-order chi connectivity index (χ0) is 8.85. The molecule has 0 saturated heterocycles. The smallest absolute Gasteiger partial charge is 0.407 e. The van der Waals surface area contributed by atoms with Crippen molar-refractivity contribution in [3.8, 4) is 0 Å². The molecule has 0 spiro atoms. The van der Waals surface area contributed by atoms with Gasteiger partial charge in [0.1, 0.15) is 0 Å². The summed E-state index contributed by atoms with van der Waals surface area (Å²) in [6.07, 6.45) is -0.570. The van der Waals surface area contributed by atoms with Crippen LogP contribution in [0.3, 0.4) is 0 Å². The van der Waals surface area contributed by atoms with Crippen LogP contribution in [0.5, 0.6) is 0 Å². The third-order valence-electron chi connectivity index (χ3n) is 1.24. The second kappa shape index (κ2) is 4.71. The Balaban J connectivity index is 3.54. The number of methoxy groups -OCH3 is 1. The summed E-state index contributed by atoms with van der Waals surface area (Å²) < 4.78 is 4.28. The van der Waals surface area contributed by atoms with E-state index >= 15 is 0 Å². The molecule has 0 aromatic rings. The van der Waals surface area contributed by atoms with Crippen molar-refractivity contribution in [3.63, 3.8) is 0 Å². The Morgan fingerprint density at radius 1 is 1.45 bits per heavy atom. The molecule has 0 rings (SSSR count). The SMILES string of the molecule is COC(=O)NCC(=O)C(C)C. The first kappa shape index (κ1) is 9.94. The number of carbonyl (C=O) groups is 2. The monoisotopic (exact) mass is 159 g/mol. The van der Waals surface area contributed by atoms with E-state index in [0.717, 1.165) is 0 Å². The molecular formula is C7H13NO3. The second-order valence-electron chi connectivity index (χ2n) is 2.47. The lowest BCUT2D eigenvalue weighted by atomic mass is 10.1. The maximum atomic E-state index is 10.9. The Hall–Kier alpha value is -1.06. The van der Waals surface area contributed by atoms with Gasteiger partial charge in [-0.15, -0.1) is 0 Å². The molecule has 0 aliphatic heterocycles. The largest absolute Gasteiger partial charge is 0.453 e. The molecule has 0 aliphatic carbocycles.